The Hall–Kier alpha value is -2.76. The smallest absolute Gasteiger partial charge is 0.295 e. The average molecular weight is 465 g/mol. The van der Waals surface area contributed by atoms with Crippen LogP contribution in [0.4, 0.5) is 21.5 Å². The number of nitro groups is 1. The molecule has 0 bridgehead atoms. The van der Waals surface area contributed by atoms with E-state index in [1.54, 1.807) is 35.2 Å². The molecule has 0 spiro atoms. The molecule has 2 saturated heterocycles. The number of sulfonamides is 1. The third-order valence-corrected chi connectivity index (χ3v) is 7.68. The summed E-state index contributed by atoms with van der Waals surface area (Å²) in [5, 5.41) is 14.6. The molecule has 32 heavy (non-hydrogen) atoms. The molecule has 2 aromatic rings. The molecule has 2 heterocycles. The van der Waals surface area contributed by atoms with E-state index in [1.807, 2.05) is 0 Å². The maximum atomic E-state index is 14.5. The van der Waals surface area contributed by atoms with Crippen molar-refractivity contribution in [1.82, 2.24) is 4.31 Å². The minimum Gasteiger partial charge on any atom is -0.380 e. The standard InChI is InChI=1S/C21H25FN4O5S/c22-18-13-21(26(27)28)20(14-19(18)23-15-16-5-4-12-31-16)24-8-10-25(11-9-24)32(29,30)17-6-2-1-3-7-17/h1-3,6-7,13-14,16,23H,4-5,8-12,15H2/t16-/m1/s1. The fourth-order valence-electron chi connectivity index (χ4n) is 4.03. The molecule has 2 fully saturated rings. The number of ether oxygens (including phenoxy) is 1. The molecule has 0 radical (unpaired) electrons. The Morgan fingerprint density at radius 3 is 2.50 bits per heavy atom. The van der Waals surface area contributed by atoms with Gasteiger partial charge >= 0.3 is 0 Å². The lowest BCUT2D eigenvalue weighted by Gasteiger charge is -2.35. The van der Waals surface area contributed by atoms with Gasteiger partial charge in [-0.1, -0.05) is 18.2 Å². The van der Waals surface area contributed by atoms with Gasteiger partial charge < -0.3 is 15.0 Å². The fourth-order valence-corrected chi connectivity index (χ4v) is 5.47. The van der Waals surface area contributed by atoms with Crippen molar-refractivity contribution in [2.24, 2.45) is 0 Å². The van der Waals surface area contributed by atoms with E-state index in [2.05, 4.69) is 5.32 Å². The van der Waals surface area contributed by atoms with E-state index in [0.29, 0.717) is 13.2 Å². The zero-order valence-electron chi connectivity index (χ0n) is 17.4. The van der Waals surface area contributed by atoms with Crippen LogP contribution in [0.5, 0.6) is 0 Å². The number of nitrogens with one attached hydrogen (secondary N) is 1. The molecule has 0 amide bonds. The monoisotopic (exact) mass is 464 g/mol. The van der Waals surface area contributed by atoms with Gasteiger partial charge in [-0.15, -0.1) is 0 Å². The number of hydrogen-bond donors (Lipinski definition) is 1. The highest BCUT2D eigenvalue weighted by Crippen LogP contribution is 2.34. The molecule has 11 heteroatoms. The van der Waals surface area contributed by atoms with Crippen LogP contribution in [0.3, 0.4) is 0 Å². The van der Waals surface area contributed by atoms with Gasteiger partial charge in [-0.25, -0.2) is 12.8 Å². The summed E-state index contributed by atoms with van der Waals surface area (Å²) in [4.78, 5) is 12.9. The molecule has 0 aliphatic carbocycles. The predicted molar refractivity (Wildman–Crippen MR) is 118 cm³/mol. The number of anilines is 2. The van der Waals surface area contributed by atoms with Gasteiger partial charge in [0.15, 0.2) is 5.82 Å². The highest BCUT2D eigenvalue weighted by atomic mass is 32.2. The van der Waals surface area contributed by atoms with Crippen LogP contribution in [-0.2, 0) is 14.8 Å². The predicted octanol–water partition coefficient (Wildman–Crippen LogP) is 2.84. The summed E-state index contributed by atoms with van der Waals surface area (Å²) in [5.74, 6) is -0.705. The molecule has 0 unspecified atom stereocenters. The molecule has 9 nitrogen and oxygen atoms in total. The number of rotatable bonds is 7. The van der Waals surface area contributed by atoms with Crippen molar-refractivity contribution < 1.29 is 22.5 Å². The number of nitrogens with zero attached hydrogens (tertiary/aromatic N) is 3. The minimum atomic E-state index is -3.64. The van der Waals surface area contributed by atoms with E-state index in [0.717, 1.165) is 18.9 Å². The van der Waals surface area contributed by atoms with Crippen LogP contribution in [0.1, 0.15) is 12.8 Å². The lowest BCUT2D eigenvalue weighted by molar-refractivity contribution is -0.384. The summed E-state index contributed by atoms with van der Waals surface area (Å²) >= 11 is 0. The van der Waals surface area contributed by atoms with Crippen molar-refractivity contribution in [3.8, 4) is 0 Å². The fraction of sp³-hybridized carbons (Fsp3) is 0.429. The maximum absolute atomic E-state index is 14.5. The van der Waals surface area contributed by atoms with Gasteiger partial charge in [-0.2, -0.15) is 4.31 Å². The van der Waals surface area contributed by atoms with E-state index in [-0.39, 0.29) is 54.2 Å². The first-order valence-electron chi connectivity index (χ1n) is 10.5. The molecule has 172 valence electrons. The van der Waals surface area contributed by atoms with Crippen molar-refractivity contribution in [2.45, 2.75) is 23.8 Å². The molecular formula is C21H25FN4O5S. The second-order valence-electron chi connectivity index (χ2n) is 7.80. The highest BCUT2D eigenvalue weighted by molar-refractivity contribution is 7.89. The molecule has 1 N–H and O–H groups in total. The zero-order chi connectivity index (χ0) is 22.7. The second-order valence-corrected chi connectivity index (χ2v) is 9.74. The van der Waals surface area contributed by atoms with Gasteiger partial charge in [0.25, 0.3) is 5.69 Å². The van der Waals surface area contributed by atoms with Crippen molar-refractivity contribution in [3.05, 3.63) is 58.4 Å². The van der Waals surface area contributed by atoms with Crippen LogP contribution in [0.15, 0.2) is 47.4 Å². The summed E-state index contributed by atoms with van der Waals surface area (Å²) in [5.41, 5.74) is 0.0907. The molecule has 4 rings (SSSR count). The number of hydrogen-bond acceptors (Lipinski definition) is 7. The summed E-state index contributed by atoms with van der Waals surface area (Å²) < 4.78 is 47.1. The van der Waals surface area contributed by atoms with Crippen LogP contribution < -0.4 is 10.2 Å². The van der Waals surface area contributed by atoms with Gasteiger partial charge in [-0.3, -0.25) is 10.1 Å². The first kappa shape index (κ1) is 22.4. The third-order valence-electron chi connectivity index (χ3n) is 5.77. The Morgan fingerprint density at radius 2 is 1.88 bits per heavy atom. The second kappa shape index (κ2) is 9.39. The van der Waals surface area contributed by atoms with Crippen LogP contribution in [-0.4, -0.2) is 63.1 Å². The van der Waals surface area contributed by atoms with Crippen LogP contribution in [0.2, 0.25) is 0 Å². The van der Waals surface area contributed by atoms with Crippen molar-refractivity contribution in [2.75, 3.05) is 49.5 Å². The van der Waals surface area contributed by atoms with Gasteiger partial charge in [0, 0.05) is 39.3 Å². The molecule has 1 atom stereocenters. The van der Waals surface area contributed by atoms with Gasteiger partial charge in [0.1, 0.15) is 5.69 Å². The topological polar surface area (TPSA) is 105 Å². The van der Waals surface area contributed by atoms with E-state index in [1.165, 1.54) is 10.4 Å². The number of piperazine rings is 1. The maximum Gasteiger partial charge on any atom is 0.295 e. The normalized spacial score (nSPS) is 19.8. The molecule has 2 aromatic carbocycles. The van der Waals surface area contributed by atoms with Crippen LogP contribution in [0, 0.1) is 15.9 Å². The van der Waals surface area contributed by atoms with Crippen molar-refractivity contribution in [1.29, 1.82) is 0 Å². The molecule has 2 aliphatic heterocycles. The van der Waals surface area contributed by atoms with E-state index in [9.17, 15) is 22.9 Å². The third kappa shape index (κ3) is 4.69. The summed E-state index contributed by atoms with van der Waals surface area (Å²) in [6.45, 7) is 1.94. The average Bonchev–Trinajstić information content (AvgIpc) is 3.32. The van der Waals surface area contributed by atoms with Gasteiger partial charge in [-0.05, 0) is 31.0 Å². The van der Waals surface area contributed by atoms with E-state index in [4.69, 9.17) is 4.74 Å². The first-order valence-corrected chi connectivity index (χ1v) is 11.9. The molecule has 0 saturated carbocycles. The summed E-state index contributed by atoms with van der Waals surface area (Å²) in [6, 6.07) is 10.5. The first-order chi connectivity index (χ1) is 15.4. The highest BCUT2D eigenvalue weighted by Gasteiger charge is 2.31. The molecule has 0 aromatic heterocycles. The van der Waals surface area contributed by atoms with Crippen LogP contribution >= 0.6 is 0 Å². The number of nitro benzene ring substituents is 1. The largest absolute Gasteiger partial charge is 0.380 e. The lowest BCUT2D eigenvalue weighted by Crippen LogP contribution is -2.48. The Balaban J connectivity index is 1.51. The molecular weight excluding hydrogens is 439 g/mol. The number of benzene rings is 2. The lowest BCUT2D eigenvalue weighted by atomic mass is 10.1. The minimum absolute atomic E-state index is 0.0141. The Bertz CT molecular complexity index is 1070. The Kier molecular flexibility index (Phi) is 6.58. The summed E-state index contributed by atoms with van der Waals surface area (Å²) in [6.07, 6.45) is 1.82. The summed E-state index contributed by atoms with van der Waals surface area (Å²) in [7, 11) is -3.64. The van der Waals surface area contributed by atoms with E-state index >= 15 is 0 Å². The molecule has 2 aliphatic rings. The van der Waals surface area contributed by atoms with Crippen molar-refractivity contribution >= 4 is 27.1 Å². The quantitative estimate of drug-likeness (QED) is 0.496. The SMILES string of the molecule is O=[N+]([O-])c1cc(F)c(NC[C@H]2CCCO2)cc1N1CCN(S(=O)(=O)c2ccccc2)CC1. The zero-order valence-corrected chi connectivity index (χ0v) is 18.3. The van der Waals surface area contributed by atoms with Gasteiger partial charge in [0.05, 0.1) is 27.7 Å². The van der Waals surface area contributed by atoms with E-state index < -0.39 is 20.8 Å². The Morgan fingerprint density at radius 1 is 1.16 bits per heavy atom. The Labute approximate surface area is 186 Å². The van der Waals surface area contributed by atoms with Crippen molar-refractivity contribution in [3.63, 3.8) is 0 Å². The number of halogens is 1. The van der Waals surface area contributed by atoms with Gasteiger partial charge in [0.2, 0.25) is 10.0 Å². The van der Waals surface area contributed by atoms with Crippen LogP contribution in [0.25, 0.3) is 0 Å².